The summed E-state index contributed by atoms with van der Waals surface area (Å²) in [7, 11) is 0. The van der Waals surface area contributed by atoms with Gasteiger partial charge in [-0.05, 0) is 36.4 Å². The number of rotatable bonds is 2. The van der Waals surface area contributed by atoms with Gasteiger partial charge in [-0.1, -0.05) is 29.5 Å². The number of fused-ring (bicyclic) bond motifs is 1. The number of hydrogen-bond donors (Lipinski definition) is 1. The average Bonchev–Trinajstić information content (AvgIpc) is 2.73. The minimum atomic E-state index is -0.275. The summed E-state index contributed by atoms with van der Waals surface area (Å²) in [6, 6.07) is 10.4. The van der Waals surface area contributed by atoms with E-state index in [1.807, 2.05) is 12.1 Å². The van der Waals surface area contributed by atoms with E-state index in [0.717, 1.165) is 18.2 Å². The van der Waals surface area contributed by atoms with Crippen LogP contribution in [0.15, 0.2) is 52.5 Å². The lowest BCUT2D eigenvalue weighted by molar-refractivity contribution is 0.587. The molecule has 3 rings (SSSR count). The maximum atomic E-state index is 9.85. The molecule has 0 unspecified atom stereocenters. The van der Waals surface area contributed by atoms with Crippen molar-refractivity contribution in [2.45, 2.75) is 22.5 Å². The van der Waals surface area contributed by atoms with Crippen molar-refractivity contribution in [3.63, 3.8) is 0 Å². The lowest BCUT2D eigenvalue weighted by Gasteiger charge is -2.05. The first-order valence-electron chi connectivity index (χ1n) is 5.72. The molecule has 0 fully saturated rings. The van der Waals surface area contributed by atoms with Gasteiger partial charge >= 0.3 is 6.92 Å². The summed E-state index contributed by atoms with van der Waals surface area (Å²) in [5, 5.41) is 9.85. The van der Waals surface area contributed by atoms with Gasteiger partial charge in [0.15, 0.2) is 0 Å². The van der Waals surface area contributed by atoms with Gasteiger partial charge in [0.05, 0.1) is 0 Å². The van der Waals surface area contributed by atoms with Crippen LogP contribution < -0.4 is 5.46 Å². The van der Waals surface area contributed by atoms with E-state index in [2.05, 4.69) is 23.2 Å². The Morgan fingerprint density at radius 3 is 2.76 bits per heavy atom. The molecule has 0 atom stereocenters. The van der Waals surface area contributed by atoms with Crippen molar-refractivity contribution in [1.82, 2.24) is 4.98 Å². The summed E-state index contributed by atoms with van der Waals surface area (Å²) in [5.74, 6) is 0. The molecule has 0 bridgehead atoms. The highest BCUT2D eigenvalue weighted by Gasteiger charge is 2.24. The van der Waals surface area contributed by atoms with Gasteiger partial charge in [-0.2, -0.15) is 0 Å². The van der Waals surface area contributed by atoms with E-state index in [1.54, 1.807) is 24.2 Å². The lowest BCUT2D eigenvalue weighted by Crippen LogP contribution is -2.25. The largest absolute Gasteiger partial charge is 0.446 e. The van der Waals surface area contributed by atoms with Gasteiger partial charge in [0.2, 0.25) is 0 Å². The molecule has 4 heteroatoms. The Bertz CT molecular complexity index is 532. The van der Waals surface area contributed by atoms with Crippen LogP contribution in [0, 0.1) is 0 Å². The SMILES string of the molecule is OB1CCc2ccc(Sc3ccncc3)cc21. The number of nitrogens with zero attached hydrogens (tertiary/aromatic N) is 1. The molecule has 1 N–H and O–H groups in total. The van der Waals surface area contributed by atoms with E-state index in [0.29, 0.717) is 0 Å². The predicted octanol–water partition coefficient (Wildman–Crippen LogP) is 1.98. The Balaban J connectivity index is 1.88. The molecular formula is C13H12BNOS. The quantitative estimate of drug-likeness (QED) is 0.816. The highest BCUT2D eigenvalue weighted by atomic mass is 32.2. The molecule has 2 aromatic rings. The second-order valence-corrected chi connectivity index (χ2v) is 5.35. The van der Waals surface area contributed by atoms with Crippen molar-refractivity contribution in [3.05, 3.63) is 48.3 Å². The maximum Gasteiger partial charge on any atom is 0.324 e. The zero-order valence-corrected chi connectivity index (χ0v) is 10.2. The number of aromatic nitrogens is 1. The second kappa shape index (κ2) is 4.55. The van der Waals surface area contributed by atoms with E-state index >= 15 is 0 Å². The van der Waals surface area contributed by atoms with E-state index < -0.39 is 0 Å². The molecule has 2 nitrogen and oxygen atoms in total. The molecule has 1 aliphatic rings. The van der Waals surface area contributed by atoms with Crippen molar-refractivity contribution in [2.75, 3.05) is 0 Å². The lowest BCUT2D eigenvalue weighted by atomic mass is 9.63. The van der Waals surface area contributed by atoms with Gasteiger partial charge in [0, 0.05) is 22.2 Å². The summed E-state index contributed by atoms with van der Waals surface area (Å²) < 4.78 is 0. The van der Waals surface area contributed by atoms with Crippen molar-refractivity contribution < 1.29 is 5.02 Å². The van der Waals surface area contributed by atoms with E-state index in [9.17, 15) is 5.02 Å². The van der Waals surface area contributed by atoms with Crippen LogP contribution in [0.25, 0.3) is 0 Å². The van der Waals surface area contributed by atoms with Gasteiger partial charge in [0.25, 0.3) is 0 Å². The molecule has 0 saturated heterocycles. The first-order chi connectivity index (χ1) is 8.33. The summed E-state index contributed by atoms with van der Waals surface area (Å²) in [5.41, 5.74) is 2.39. The van der Waals surface area contributed by atoms with Gasteiger partial charge in [-0.3, -0.25) is 4.98 Å². The Hall–Kier alpha value is -1.26. The summed E-state index contributed by atoms with van der Waals surface area (Å²) in [6.45, 7) is -0.275. The van der Waals surface area contributed by atoms with Crippen LogP contribution in [0.1, 0.15) is 5.56 Å². The topological polar surface area (TPSA) is 33.1 Å². The molecule has 1 aromatic carbocycles. The summed E-state index contributed by atoms with van der Waals surface area (Å²) in [6.07, 6.45) is 5.45. The van der Waals surface area contributed by atoms with Crippen LogP contribution >= 0.6 is 11.8 Å². The molecule has 2 heterocycles. The third-order valence-corrected chi connectivity index (χ3v) is 4.05. The number of hydrogen-bond acceptors (Lipinski definition) is 3. The van der Waals surface area contributed by atoms with Crippen LogP contribution in [-0.4, -0.2) is 16.9 Å². The van der Waals surface area contributed by atoms with Gasteiger partial charge in [0.1, 0.15) is 0 Å². The zero-order chi connectivity index (χ0) is 11.7. The monoisotopic (exact) mass is 241 g/mol. The average molecular weight is 241 g/mol. The van der Waals surface area contributed by atoms with Crippen molar-refractivity contribution in [3.8, 4) is 0 Å². The normalized spacial score (nSPS) is 13.8. The van der Waals surface area contributed by atoms with E-state index in [4.69, 9.17) is 0 Å². The molecule has 0 radical (unpaired) electrons. The number of benzene rings is 1. The van der Waals surface area contributed by atoms with Crippen LogP contribution in [-0.2, 0) is 6.42 Å². The fourth-order valence-corrected chi connectivity index (χ4v) is 3.02. The van der Waals surface area contributed by atoms with Gasteiger partial charge < -0.3 is 5.02 Å². The predicted molar refractivity (Wildman–Crippen MR) is 70.9 cm³/mol. The first-order valence-corrected chi connectivity index (χ1v) is 6.53. The molecule has 17 heavy (non-hydrogen) atoms. The third kappa shape index (κ3) is 2.23. The minimum Gasteiger partial charge on any atom is -0.446 e. The van der Waals surface area contributed by atoms with Crippen molar-refractivity contribution in [1.29, 1.82) is 0 Å². The fraction of sp³-hybridized carbons (Fsp3) is 0.154. The van der Waals surface area contributed by atoms with Crippen LogP contribution in [0.4, 0.5) is 0 Å². The second-order valence-electron chi connectivity index (χ2n) is 4.20. The van der Waals surface area contributed by atoms with Crippen molar-refractivity contribution >= 4 is 24.1 Å². The van der Waals surface area contributed by atoms with Crippen LogP contribution in [0.2, 0.25) is 6.32 Å². The molecule has 0 aliphatic carbocycles. The fourth-order valence-electron chi connectivity index (χ4n) is 2.16. The molecule has 84 valence electrons. The molecule has 0 amide bonds. The number of pyridine rings is 1. The Labute approximate surface area is 105 Å². The zero-order valence-electron chi connectivity index (χ0n) is 9.34. The summed E-state index contributed by atoms with van der Waals surface area (Å²) >= 11 is 1.70. The number of aryl methyl sites for hydroxylation is 1. The molecule has 0 saturated carbocycles. The Morgan fingerprint density at radius 1 is 1.12 bits per heavy atom. The molecule has 1 aromatic heterocycles. The molecule has 1 aliphatic heterocycles. The van der Waals surface area contributed by atoms with Crippen LogP contribution in [0.3, 0.4) is 0 Å². The first kappa shape index (κ1) is 10.9. The summed E-state index contributed by atoms with van der Waals surface area (Å²) in [4.78, 5) is 6.35. The van der Waals surface area contributed by atoms with Crippen molar-refractivity contribution in [2.24, 2.45) is 0 Å². The maximum absolute atomic E-state index is 9.85. The standard InChI is InChI=1S/C13H12BNOS/c16-14-6-3-10-1-2-12(9-13(10)14)17-11-4-7-15-8-5-11/h1-2,4-5,7-9,16H,3,6H2. The van der Waals surface area contributed by atoms with E-state index in [1.165, 1.54) is 15.4 Å². The highest BCUT2D eigenvalue weighted by Crippen LogP contribution is 2.27. The van der Waals surface area contributed by atoms with E-state index in [-0.39, 0.29) is 6.92 Å². The minimum absolute atomic E-state index is 0.275. The third-order valence-electron chi connectivity index (χ3n) is 3.05. The Morgan fingerprint density at radius 2 is 1.94 bits per heavy atom. The molecular weight excluding hydrogens is 229 g/mol. The Kier molecular flexibility index (Phi) is 2.91. The van der Waals surface area contributed by atoms with Gasteiger partial charge in [-0.25, -0.2) is 0 Å². The van der Waals surface area contributed by atoms with Crippen LogP contribution in [0.5, 0.6) is 0 Å². The smallest absolute Gasteiger partial charge is 0.324 e. The van der Waals surface area contributed by atoms with Gasteiger partial charge in [-0.15, -0.1) is 0 Å². The highest BCUT2D eigenvalue weighted by molar-refractivity contribution is 7.99. The molecule has 0 spiro atoms.